The van der Waals surface area contributed by atoms with E-state index in [2.05, 4.69) is 47.6 Å². The largest absolute Gasteiger partial charge is 0.416 e. The van der Waals surface area contributed by atoms with Crippen molar-refractivity contribution in [2.24, 2.45) is 5.92 Å². The molecule has 1 atom stereocenters. The van der Waals surface area contributed by atoms with Crippen molar-refractivity contribution in [2.75, 3.05) is 6.61 Å². The lowest BCUT2D eigenvalue weighted by molar-refractivity contribution is -0.105. The first kappa shape index (κ1) is 18.6. The first-order valence-corrected chi connectivity index (χ1v) is 10.8. The SMILES string of the molecule is CC(C)[Si](OCCC1CCC=C(C=O)C1)(C(C)C)C(C)C. The normalized spacial score (nSPS) is 20.2. The molecule has 0 fully saturated rings. The summed E-state index contributed by atoms with van der Waals surface area (Å²) in [6.45, 7) is 14.9. The maximum absolute atomic E-state index is 10.9. The van der Waals surface area contributed by atoms with Gasteiger partial charge in [-0.15, -0.1) is 0 Å². The molecular formula is C18H34O2Si. The monoisotopic (exact) mass is 310 g/mol. The van der Waals surface area contributed by atoms with Gasteiger partial charge in [0.15, 0.2) is 8.32 Å². The molecule has 0 saturated heterocycles. The summed E-state index contributed by atoms with van der Waals surface area (Å²) in [5, 5.41) is 0. The number of hydrogen-bond acceptors (Lipinski definition) is 2. The molecule has 0 radical (unpaired) electrons. The quantitative estimate of drug-likeness (QED) is 0.437. The highest BCUT2D eigenvalue weighted by Gasteiger charge is 2.44. The molecule has 21 heavy (non-hydrogen) atoms. The van der Waals surface area contributed by atoms with Gasteiger partial charge in [-0.05, 0) is 53.8 Å². The molecule has 122 valence electrons. The summed E-state index contributed by atoms with van der Waals surface area (Å²) < 4.78 is 6.62. The molecule has 0 saturated carbocycles. The molecule has 1 unspecified atom stereocenters. The van der Waals surface area contributed by atoms with Gasteiger partial charge in [0.1, 0.15) is 6.29 Å². The third-order valence-corrected chi connectivity index (χ3v) is 11.4. The van der Waals surface area contributed by atoms with Gasteiger partial charge >= 0.3 is 0 Å². The standard InChI is InChI=1S/C18H34O2Si/c1-14(2)21(15(3)4,16(5)6)20-11-10-17-8-7-9-18(12-17)13-19/h9,13-17H,7-8,10-12H2,1-6H3. The molecule has 3 heteroatoms. The summed E-state index contributed by atoms with van der Waals surface area (Å²) in [6.07, 6.45) is 7.45. The molecule has 1 aliphatic rings. The van der Waals surface area contributed by atoms with Gasteiger partial charge in [0.05, 0.1) is 0 Å². The minimum atomic E-state index is -1.72. The summed E-state index contributed by atoms with van der Waals surface area (Å²) in [5.74, 6) is 0.633. The second-order valence-corrected chi connectivity index (χ2v) is 13.0. The van der Waals surface area contributed by atoms with Crippen LogP contribution >= 0.6 is 0 Å². The number of aldehydes is 1. The van der Waals surface area contributed by atoms with E-state index in [0.29, 0.717) is 22.5 Å². The predicted molar refractivity (Wildman–Crippen MR) is 93.1 cm³/mol. The van der Waals surface area contributed by atoms with Crippen LogP contribution in [0.25, 0.3) is 0 Å². The predicted octanol–water partition coefficient (Wildman–Crippen LogP) is 5.49. The molecule has 0 aromatic carbocycles. The maximum atomic E-state index is 10.9. The lowest BCUT2D eigenvalue weighted by Gasteiger charge is -2.42. The van der Waals surface area contributed by atoms with Gasteiger partial charge in [0.25, 0.3) is 0 Å². The van der Waals surface area contributed by atoms with Crippen LogP contribution in [0, 0.1) is 5.92 Å². The minimum absolute atomic E-state index is 0.633. The topological polar surface area (TPSA) is 26.3 Å². The molecule has 0 aromatic heterocycles. The van der Waals surface area contributed by atoms with Crippen LogP contribution in [-0.4, -0.2) is 21.2 Å². The van der Waals surface area contributed by atoms with Crippen molar-refractivity contribution >= 4 is 14.6 Å². The average Bonchev–Trinajstić information content (AvgIpc) is 2.42. The van der Waals surface area contributed by atoms with E-state index >= 15 is 0 Å². The number of carbonyl (C=O) groups excluding carboxylic acids is 1. The zero-order valence-electron chi connectivity index (χ0n) is 14.8. The Bertz CT molecular complexity index is 336. The fourth-order valence-electron chi connectivity index (χ4n) is 4.27. The Morgan fingerprint density at radius 2 is 1.76 bits per heavy atom. The van der Waals surface area contributed by atoms with E-state index in [1.165, 1.54) is 6.42 Å². The van der Waals surface area contributed by atoms with Crippen molar-refractivity contribution in [3.05, 3.63) is 11.6 Å². The van der Waals surface area contributed by atoms with E-state index in [-0.39, 0.29) is 0 Å². The van der Waals surface area contributed by atoms with Crippen LogP contribution in [0.2, 0.25) is 16.6 Å². The van der Waals surface area contributed by atoms with E-state index in [4.69, 9.17) is 4.43 Å². The van der Waals surface area contributed by atoms with Crippen molar-refractivity contribution in [1.29, 1.82) is 0 Å². The summed E-state index contributed by atoms with van der Waals surface area (Å²) in [4.78, 5) is 10.9. The van der Waals surface area contributed by atoms with Gasteiger partial charge in [-0.1, -0.05) is 47.6 Å². The van der Waals surface area contributed by atoms with Crippen molar-refractivity contribution in [3.8, 4) is 0 Å². The zero-order chi connectivity index (χ0) is 16.0. The third kappa shape index (κ3) is 4.53. The molecule has 0 bridgehead atoms. The fraction of sp³-hybridized carbons (Fsp3) is 0.833. The van der Waals surface area contributed by atoms with Crippen molar-refractivity contribution in [3.63, 3.8) is 0 Å². The molecule has 1 rings (SSSR count). The van der Waals surface area contributed by atoms with Gasteiger partial charge in [-0.25, -0.2) is 0 Å². The Hall–Kier alpha value is -0.413. The van der Waals surface area contributed by atoms with E-state index in [1.54, 1.807) is 0 Å². The third-order valence-electron chi connectivity index (χ3n) is 5.24. The number of carbonyl (C=O) groups is 1. The van der Waals surface area contributed by atoms with Crippen LogP contribution < -0.4 is 0 Å². The first-order chi connectivity index (χ1) is 9.84. The molecule has 0 aliphatic heterocycles. The van der Waals surface area contributed by atoms with Crippen LogP contribution in [0.5, 0.6) is 0 Å². The van der Waals surface area contributed by atoms with Crippen LogP contribution in [-0.2, 0) is 9.22 Å². The maximum Gasteiger partial charge on any atom is 0.200 e. The van der Waals surface area contributed by atoms with E-state index < -0.39 is 8.32 Å². The van der Waals surface area contributed by atoms with Gasteiger partial charge in [0.2, 0.25) is 0 Å². The van der Waals surface area contributed by atoms with E-state index in [0.717, 1.165) is 37.7 Å². The van der Waals surface area contributed by atoms with Crippen LogP contribution in [0.3, 0.4) is 0 Å². The Kier molecular flexibility index (Phi) is 7.35. The lowest BCUT2D eigenvalue weighted by atomic mass is 9.87. The molecule has 2 nitrogen and oxygen atoms in total. The number of allylic oxidation sites excluding steroid dienone is 2. The molecule has 1 aliphatic carbocycles. The van der Waals surface area contributed by atoms with Crippen molar-refractivity contribution in [1.82, 2.24) is 0 Å². The van der Waals surface area contributed by atoms with E-state index in [1.807, 2.05) is 0 Å². The highest BCUT2D eigenvalue weighted by Crippen LogP contribution is 2.42. The molecular weight excluding hydrogens is 276 g/mol. The minimum Gasteiger partial charge on any atom is -0.416 e. The van der Waals surface area contributed by atoms with Crippen molar-refractivity contribution < 1.29 is 9.22 Å². The summed E-state index contributed by atoms with van der Waals surface area (Å²) in [6, 6.07) is 0. The van der Waals surface area contributed by atoms with Crippen LogP contribution in [0.15, 0.2) is 11.6 Å². The van der Waals surface area contributed by atoms with Crippen LogP contribution in [0.4, 0.5) is 0 Å². The van der Waals surface area contributed by atoms with E-state index in [9.17, 15) is 4.79 Å². The Morgan fingerprint density at radius 3 is 2.24 bits per heavy atom. The second kappa shape index (κ2) is 8.28. The van der Waals surface area contributed by atoms with Gasteiger partial charge in [-0.2, -0.15) is 0 Å². The van der Waals surface area contributed by atoms with Gasteiger partial charge < -0.3 is 4.43 Å². The highest BCUT2D eigenvalue weighted by molar-refractivity contribution is 6.77. The van der Waals surface area contributed by atoms with Crippen molar-refractivity contribution in [2.45, 2.75) is 83.8 Å². The smallest absolute Gasteiger partial charge is 0.200 e. The first-order valence-electron chi connectivity index (χ1n) is 8.62. The second-order valence-electron chi connectivity index (χ2n) is 7.50. The van der Waals surface area contributed by atoms with Crippen LogP contribution in [0.1, 0.15) is 67.2 Å². The van der Waals surface area contributed by atoms with Gasteiger partial charge in [-0.3, -0.25) is 4.79 Å². The molecule has 0 N–H and O–H groups in total. The lowest BCUT2D eigenvalue weighted by Crippen LogP contribution is -2.48. The highest BCUT2D eigenvalue weighted by atomic mass is 28.4. The number of rotatable bonds is 8. The molecule has 0 heterocycles. The Balaban J connectivity index is 2.59. The Morgan fingerprint density at radius 1 is 1.19 bits per heavy atom. The molecule has 0 amide bonds. The molecule has 0 spiro atoms. The zero-order valence-corrected chi connectivity index (χ0v) is 15.8. The molecule has 0 aromatic rings. The average molecular weight is 311 g/mol. The number of hydrogen-bond donors (Lipinski definition) is 0. The summed E-state index contributed by atoms with van der Waals surface area (Å²) in [7, 11) is -1.72. The van der Waals surface area contributed by atoms with Gasteiger partial charge in [0, 0.05) is 6.61 Å². The summed E-state index contributed by atoms with van der Waals surface area (Å²) >= 11 is 0. The fourth-order valence-corrected chi connectivity index (χ4v) is 9.74. The summed E-state index contributed by atoms with van der Waals surface area (Å²) in [5.41, 5.74) is 2.93. The Labute approximate surface area is 132 Å².